The van der Waals surface area contributed by atoms with Crippen LogP contribution in [0.15, 0.2) is 30.5 Å². The van der Waals surface area contributed by atoms with E-state index in [4.69, 9.17) is 9.47 Å². The van der Waals surface area contributed by atoms with Crippen LogP contribution in [0.4, 0.5) is 4.39 Å². The molecule has 5 nitrogen and oxygen atoms in total. The summed E-state index contributed by atoms with van der Waals surface area (Å²) < 4.78 is 26.5. The molecule has 0 amide bonds. The minimum absolute atomic E-state index is 0.0510. The Morgan fingerprint density at radius 2 is 1.93 bits per heavy atom. The van der Waals surface area contributed by atoms with Gasteiger partial charge in [-0.05, 0) is 44.9 Å². The van der Waals surface area contributed by atoms with Crippen molar-refractivity contribution in [2.24, 2.45) is 0 Å². The highest BCUT2D eigenvalue weighted by Gasteiger charge is 2.16. The number of aryl methyl sites for hydroxylation is 1. The maximum Gasteiger partial charge on any atom is 0.232 e. The molecular formula is C22H22FN3O2S. The van der Waals surface area contributed by atoms with E-state index >= 15 is 0 Å². The van der Waals surface area contributed by atoms with Crippen LogP contribution in [0.3, 0.4) is 0 Å². The third kappa shape index (κ3) is 3.87. The van der Waals surface area contributed by atoms with Gasteiger partial charge in [0.1, 0.15) is 5.01 Å². The van der Waals surface area contributed by atoms with Gasteiger partial charge in [-0.2, -0.15) is 0 Å². The second kappa shape index (κ2) is 7.91. The van der Waals surface area contributed by atoms with Crippen LogP contribution in [0, 0.1) is 12.7 Å². The van der Waals surface area contributed by atoms with E-state index < -0.39 is 5.82 Å². The van der Waals surface area contributed by atoms with Gasteiger partial charge in [0.05, 0.1) is 40.2 Å². The van der Waals surface area contributed by atoms with Crippen LogP contribution in [0.25, 0.3) is 31.8 Å². The fraction of sp³-hybridized carbons (Fsp3) is 0.318. The Kier molecular flexibility index (Phi) is 5.32. The van der Waals surface area contributed by atoms with Crippen LogP contribution in [0.2, 0.25) is 0 Å². The SMILES string of the molecule is CCOc1cnc2c(-c3nc4cc(F)c(O[C@@H](C)CC)cc4s3)cc(C)cc2n1. The quantitative estimate of drug-likeness (QED) is 0.394. The molecule has 0 unspecified atom stereocenters. The Bertz CT molecular complexity index is 1190. The zero-order valence-corrected chi connectivity index (χ0v) is 17.6. The molecule has 7 heteroatoms. The highest BCUT2D eigenvalue weighted by atomic mass is 32.1. The number of aromatic nitrogens is 3. The summed E-state index contributed by atoms with van der Waals surface area (Å²) in [6, 6.07) is 7.17. The van der Waals surface area contributed by atoms with Crippen molar-refractivity contribution in [1.82, 2.24) is 15.0 Å². The molecule has 2 aromatic carbocycles. The molecule has 1 atom stereocenters. The van der Waals surface area contributed by atoms with Crippen molar-refractivity contribution in [2.75, 3.05) is 6.61 Å². The van der Waals surface area contributed by atoms with Crippen molar-refractivity contribution >= 4 is 32.6 Å². The van der Waals surface area contributed by atoms with Gasteiger partial charge in [-0.1, -0.05) is 6.92 Å². The predicted molar refractivity (Wildman–Crippen MR) is 114 cm³/mol. The third-order valence-electron chi connectivity index (χ3n) is 4.64. The first-order valence-electron chi connectivity index (χ1n) is 9.65. The molecule has 4 aromatic rings. The number of hydrogen-bond donors (Lipinski definition) is 0. The molecule has 0 radical (unpaired) electrons. The maximum atomic E-state index is 14.5. The molecule has 0 aliphatic rings. The number of fused-ring (bicyclic) bond motifs is 2. The summed E-state index contributed by atoms with van der Waals surface area (Å²) in [6.07, 6.45) is 2.38. The molecule has 0 bridgehead atoms. The summed E-state index contributed by atoms with van der Waals surface area (Å²) in [5.41, 5.74) is 4.02. The number of rotatable bonds is 6. The monoisotopic (exact) mass is 411 g/mol. The van der Waals surface area contributed by atoms with Gasteiger partial charge in [0.2, 0.25) is 5.88 Å². The van der Waals surface area contributed by atoms with Gasteiger partial charge in [-0.15, -0.1) is 11.3 Å². The molecule has 0 fully saturated rings. The summed E-state index contributed by atoms with van der Waals surface area (Å²) in [5.74, 6) is 0.358. The van der Waals surface area contributed by atoms with Crippen LogP contribution < -0.4 is 9.47 Å². The van der Waals surface area contributed by atoms with Crippen LogP contribution >= 0.6 is 11.3 Å². The molecule has 0 saturated heterocycles. The van der Waals surface area contributed by atoms with Gasteiger partial charge in [0.15, 0.2) is 11.6 Å². The second-order valence-corrected chi connectivity index (χ2v) is 7.96. The lowest BCUT2D eigenvalue weighted by molar-refractivity contribution is 0.208. The highest BCUT2D eigenvalue weighted by molar-refractivity contribution is 7.21. The Balaban J connectivity index is 1.82. The molecule has 0 spiro atoms. The third-order valence-corrected chi connectivity index (χ3v) is 5.69. The predicted octanol–water partition coefficient (Wildman–Crippen LogP) is 5.93. The van der Waals surface area contributed by atoms with Gasteiger partial charge in [-0.25, -0.2) is 19.3 Å². The molecule has 2 aromatic heterocycles. The summed E-state index contributed by atoms with van der Waals surface area (Å²) >= 11 is 1.49. The van der Waals surface area contributed by atoms with E-state index in [1.807, 2.05) is 39.8 Å². The second-order valence-electron chi connectivity index (χ2n) is 6.93. The van der Waals surface area contributed by atoms with Crippen LogP contribution in [-0.2, 0) is 0 Å². The van der Waals surface area contributed by atoms with E-state index in [0.717, 1.165) is 38.3 Å². The normalized spacial score (nSPS) is 12.4. The van der Waals surface area contributed by atoms with Gasteiger partial charge < -0.3 is 9.47 Å². The fourth-order valence-electron chi connectivity index (χ4n) is 3.06. The first kappa shape index (κ1) is 19.5. The van der Waals surface area contributed by atoms with Crippen LogP contribution in [-0.4, -0.2) is 27.7 Å². The summed E-state index contributed by atoms with van der Waals surface area (Å²) in [5, 5.41) is 0.771. The van der Waals surface area contributed by atoms with Crippen LogP contribution in [0.1, 0.15) is 32.8 Å². The molecule has 29 heavy (non-hydrogen) atoms. The number of hydrogen-bond acceptors (Lipinski definition) is 6. The van der Waals surface area contributed by atoms with Gasteiger partial charge in [0, 0.05) is 17.7 Å². The lowest BCUT2D eigenvalue weighted by Crippen LogP contribution is -2.10. The topological polar surface area (TPSA) is 57.1 Å². The number of thiazole rings is 1. The minimum atomic E-state index is -0.398. The van der Waals surface area contributed by atoms with E-state index in [0.29, 0.717) is 18.0 Å². The van der Waals surface area contributed by atoms with Gasteiger partial charge >= 0.3 is 0 Å². The maximum absolute atomic E-state index is 14.5. The number of halogens is 1. The molecule has 2 heterocycles. The Hall–Kier alpha value is -2.80. The summed E-state index contributed by atoms with van der Waals surface area (Å²) in [4.78, 5) is 13.8. The standard InChI is InChI=1S/C22H22FN3O2S/c1-5-13(4)28-18-10-19-16(9-15(18)23)26-22(29-19)14-7-12(3)8-17-21(14)24-11-20(25-17)27-6-2/h7-11,13H,5-6H2,1-4H3/t13-/m0/s1. The Labute approximate surface area is 172 Å². The van der Waals surface area contributed by atoms with E-state index in [9.17, 15) is 4.39 Å². The smallest absolute Gasteiger partial charge is 0.232 e. The molecule has 0 aliphatic heterocycles. The summed E-state index contributed by atoms with van der Waals surface area (Å²) in [6.45, 7) is 8.38. The molecule has 0 aliphatic carbocycles. The van der Waals surface area contributed by atoms with Crippen molar-refractivity contribution in [2.45, 2.75) is 40.2 Å². The van der Waals surface area contributed by atoms with E-state index in [2.05, 4.69) is 15.0 Å². The summed E-state index contributed by atoms with van der Waals surface area (Å²) in [7, 11) is 0. The zero-order valence-electron chi connectivity index (χ0n) is 16.8. The van der Waals surface area contributed by atoms with E-state index in [1.54, 1.807) is 12.3 Å². The number of nitrogens with zero attached hydrogens (tertiary/aromatic N) is 3. The largest absolute Gasteiger partial charge is 0.488 e. The fourth-order valence-corrected chi connectivity index (χ4v) is 4.06. The lowest BCUT2D eigenvalue weighted by Gasteiger charge is -2.12. The number of benzene rings is 2. The lowest BCUT2D eigenvalue weighted by atomic mass is 10.1. The van der Waals surface area contributed by atoms with E-state index in [-0.39, 0.29) is 11.9 Å². The Morgan fingerprint density at radius 3 is 2.69 bits per heavy atom. The minimum Gasteiger partial charge on any atom is -0.488 e. The van der Waals surface area contributed by atoms with Crippen molar-refractivity contribution in [3.63, 3.8) is 0 Å². The molecule has 0 saturated carbocycles. The van der Waals surface area contributed by atoms with Crippen LogP contribution in [0.5, 0.6) is 11.6 Å². The van der Waals surface area contributed by atoms with Crippen molar-refractivity contribution in [3.05, 3.63) is 41.8 Å². The van der Waals surface area contributed by atoms with Gasteiger partial charge in [0.25, 0.3) is 0 Å². The molecule has 4 rings (SSSR count). The molecular weight excluding hydrogens is 389 g/mol. The van der Waals surface area contributed by atoms with Crippen molar-refractivity contribution < 1.29 is 13.9 Å². The molecule has 150 valence electrons. The highest BCUT2D eigenvalue weighted by Crippen LogP contribution is 2.37. The first-order valence-corrected chi connectivity index (χ1v) is 10.5. The first-order chi connectivity index (χ1) is 14.0. The van der Waals surface area contributed by atoms with Gasteiger partial charge in [-0.3, -0.25) is 0 Å². The van der Waals surface area contributed by atoms with Crippen molar-refractivity contribution in [1.29, 1.82) is 0 Å². The average Bonchev–Trinajstić information content (AvgIpc) is 3.10. The number of ether oxygens (including phenoxy) is 2. The average molecular weight is 412 g/mol. The zero-order chi connectivity index (χ0) is 20.5. The molecule has 0 N–H and O–H groups in total. The van der Waals surface area contributed by atoms with Crippen molar-refractivity contribution in [3.8, 4) is 22.2 Å². The van der Waals surface area contributed by atoms with E-state index in [1.165, 1.54) is 17.4 Å². The Morgan fingerprint density at radius 1 is 1.10 bits per heavy atom.